The summed E-state index contributed by atoms with van der Waals surface area (Å²) in [5, 5.41) is 4.18. The number of nitrogens with zero attached hydrogens (tertiary/aromatic N) is 1. The summed E-state index contributed by atoms with van der Waals surface area (Å²) in [6.45, 7) is 12.6. The van der Waals surface area contributed by atoms with Gasteiger partial charge < -0.3 is 15.0 Å². The highest BCUT2D eigenvalue weighted by atomic mass is 35.5. The number of rotatable bonds is 7. The van der Waals surface area contributed by atoms with Crippen LogP contribution in [0.2, 0.25) is 5.02 Å². The number of ether oxygens (including phenoxy) is 1. The van der Waals surface area contributed by atoms with E-state index in [4.69, 9.17) is 16.3 Å². The molecule has 0 aromatic heterocycles. The molecule has 1 aromatic rings. The predicted molar refractivity (Wildman–Crippen MR) is 96.0 cm³/mol. The Balaban J connectivity index is 2.29. The summed E-state index contributed by atoms with van der Waals surface area (Å²) < 4.78 is 5.39. The van der Waals surface area contributed by atoms with Crippen LogP contribution in [0.15, 0.2) is 18.2 Å². The minimum atomic E-state index is -0.451. The van der Waals surface area contributed by atoms with Crippen molar-refractivity contribution in [2.75, 3.05) is 19.6 Å². The van der Waals surface area contributed by atoms with Crippen molar-refractivity contribution in [3.8, 4) is 0 Å². The van der Waals surface area contributed by atoms with Crippen LogP contribution < -0.4 is 5.32 Å². The van der Waals surface area contributed by atoms with E-state index < -0.39 is 5.60 Å². The van der Waals surface area contributed by atoms with Gasteiger partial charge in [-0.1, -0.05) is 23.7 Å². The van der Waals surface area contributed by atoms with Crippen LogP contribution in [0.25, 0.3) is 0 Å². The largest absolute Gasteiger partial charge is 0.444 e. The zero-order valence-electron chi connectivity index (χ0n) is 14.9. The molecule has 0 bridgehead atoms. The molecular weight excluding hydrogens is 312 g/mol. The maximum atomic E-state index is 12.0. The highest BCUT2D eigenvalue weighted by Crippen LogP contribution is 2.16. The Morgan fingerprint density at radius 3 is 2.61 bits per heavy atom. The summed E-state index contributed by atoms with van der Waals surface area (Å²) >= 11 is 6.12. The number of carbonyl (C=O) groups is 1. The van der Waals surface area contributed by atoms with Crippen LogP contribution in [0.1, 0.15) is 45.2 Å². The number of hydrogen-bond donors (Lipinski definition) is 1. The van der Waals surface area contributed by atoms with E-state index in [9.17, 15) is 4.79 Å². The van der Waals surface area contributed by atoms with Gasteiger partial charge in [0.1, 0.15) is 5.60 Å². The first kappa shape index (κ1) is 19.8. The molecule has 1 aromatic carbocycles. The average Bonchev–Trinajstić information content (AvgIpc) is 2.44. The third-order valence-electron chi connectivity index (χ3n) is 3.38. The van der Waals surface area contributed by atoms with Crippen molar-refractivity contribution in [3.05, 3.63) is 34.3 Å². The number of halogens is 1. The normalized spacial score (nSPS) is 11.4. The SMILES string of the molecule is CCN(CCCNCc1ccc(C)c(Cl)c1)C(=O)OC(C)(C)C. The lowest BCUT2D eigenvalue weighted by atomic mass is 10.1. The van der Waals surface area contributed by atoms with Gasteiger partial charge in [-0.15, -0.1) is 0 Å². The van der Waals surface area contributed by atoms with Gasteiger partial charge in [-0.2, -0.15) is 0 Å². The van der Waals surface area contributed by atoms with E-state index in [1.807, 2.05) is 46.8 Å². The van der Waals surface area contributed by atoms with Gasteiger partial charge in [0, 0.05) is 24.7 Å². The second-order valence-corrected chi connectivity index (χ2v) is 7.08. The fraction of sp³-hybridized carbons (Fsp3) is 0.611. The van der Waals surface area contributed by atoms with Crippen molar-refractivity contribution in [3.63, 3.8) is 0 Å². The molecule has 1 N–H and O–H groups in total. The number of amides is 1. The zero-order valence-corrected chi connectivity index (χ0v) is 15.7. The zero-order chi connectivity index (χ0) is 17.5. The maximum absolute atomic E-state index is 12.0. The van der Waals surface area contributed by atoms with E-state index in [2.05, 4.69) is 11.4 Å². The second kappa shape index (κ2) is 9.14. The van der Waals surface area contributed by atoms with Crippen LogP contribution >= 0.6 is 11.6 Å². The van der Waals surface area contributed by atoms with Crippen molar-refractivity contribution in [1.82, 2.24) is 10.2 Å². The van der Waals surface area contributed by atoms with E-state index in [0.717, 1.165) is 30.1 Å². The van der Waals surface area contributed by atoms with E-state index in [-0.39, 0.29) is 6.09 Å². The first-order valence-corrected chi connectivity index (χ1v) is 8.54. The van der Waals surface area contributed by atoms with Gasteiger partial charge in [0.25, 0.3) is 0 Å². The topological polar surface area (TPSA) is 41.6 Å². The van der Waals surface area contributed by atoms with Gasteiger partial charge in [0.2, 0.25) is 0 Å². The monoisotopic (exact) mass is 340 g/mol. The number of carbonyl (C=O) groups excluding carboxylic acids is 1. The average molecular weight is 341 g/mol. The van der Waals surface area contributed by atoms with Gasteiger partial charge in [-0.3, -0.25) is 0 Å². The van der Waals surface area contributed by atoms with Gasteiger partial charge in [0.05, 0.1) is 0 Å². The molecule has 0 spiro atoms. The summed E-state index contributed by atoms with van der Waals surface area (Å²) in [5.41, 5.74) is 1.81. The molecule has 0 saturated carbocycles. The molecule has 0 heterocycles. The molecule has 0 atom stereocenters. The van der Waals surface area contributed by atoms with Crippen molar-refractivity contribution in [2.45, 2.75) is 53.2 Å². The van der Waals surface area contributed by atoms with Crippen LogP contribution in [0.5, 0.6) is 0 Å². The quantitative estimate of drug-likeness (QED) is 0.749. The lowest BCUT2D eigenvalue weighted by Crippen LogP contribution is -2.38. The molecule has 0 saturated heterocycles. The van der Waals surface area contributed by atoms with Crippen LogP contribution in [-0.4, -0.2) is 36.2 Å². The van der Waals surface area contributed by atoms with Crippen molar-refractivity contribution in [2.24, 2.45) is 0 Å². The van der Waals surface area contributed by atoms with E-state index in [0.29, 0.717) is 13.1 Å². The number of aryl methyl sites for hydroxylation is 1. The lowest BCUT2D eigenvalue weighted by molar-refractivity contribution is 0.0258. The third kappa shape index (κ3) is 7.71. The van der Waals surface area contributed by atoms with Crippen molar-refractivity contribution < 1.29 is 9.53 Å². The molecule has 1 rings (SSSR count). The van der Waals surface area contributed by atoms with E-state index in [1.165, 1.54) is 5.56 Å². The Labute approximate surface area is 145 Å². The van der Waals surface area contributed by atoms with Crippen LogP contribution in [-0.2, 0) is 11.3 Å². The maximum Gasteiger partial charge on any atom is 0.410 e. The molecule has 0 fully saturated rings. The van der Waals surface area contributed by atoms with Crippen molar-refractivity contribution in [1.29, 1.82) is 0 Å². The van der Waals surface area contributed by atoms with Crippen molar-refractivity contribution >= 4 is 17.7 Å². The van der Waals surface area contributed by atoms with E-state index >= 15 is 0 Å². The minimum Gasteiger partial charge on any atom is -0.444 e. The van der Waals surface area contributed by atoms with Gasteiger partial charge in [0.15, 0.2) is 0 Å². The number of hydrogen-bond acceptors (Lipinski definition) is 3. The van der Waals surface area contributed by atoms with Gasteiger partial charge >= 0.3 is 6.09 Å². The standard InChI is InChI=1S/C18H29ClN2O2/c1-6-21(17(22)23-18(3,4)5)11-7-10-20-13-15-9-8-14(2)16(19)12-15/h8-9,12,20H,6-7,10-11,13H2,1-5H3. The van der Waals surface area contributed by atoms with Crippen LogP contribution in [0, 0.1) is 6.92 Å². The molecule has 4 nitrogen and oxygen atoms in total. The summed E-state index contributed by atoms with van der Waals surface area (Å²) in [7, 11) is 0. The summed E-state index contributed by atoms with van der Waals surface area (Å²) in [4.78, 5) is 13.7. The fourth-order valence-corrected chi connectivity index (χ4v) is 2.28. The molecule has 5 heteroatoms. The highest BCUT2D eigenvalue weighted by Gasteiger charge is 2.20. The van der Waals surface area contributed by atoms with Gasteiger partial charge in [-0.05, 0) is 64.8 Å². The smallest absolute Gasteiger partial charge is 0.410 e. The fourth-order valence-electron chi connectivity index (χ4n) is 2.08. The number of benzene rings is 1. The third-order valence-corrected chi connectivity index (χ3v) is 3.79. The molecular formula is C18H29ClN2O2. The summed E-state index contributed by atoms with van der Waals surface area (Å²) in [6.07, 6.45) is 0.637. The minimum absolute atomic E-state index is 0.245. The van der Waals surface area contributed by atoms with Gasteiger partial charge in [-0.25, -0.2) is 4.79 Å². The first-order valence-electron chi connectivity index (χ1n) is 8.16. The Morgan fingerprint density at radius 2 is 2.04 bits per heavy atom. The van der Waals surface area contributed by atoms with Crippen LogP contribution in [0.4, 0.5) is 4.79 Å². The Morgan fingerprint density at radius 1 is 1.35 bits per heavy atom. The Bertz CT molecular complexity index is 512. The molecule has 23 heavy (non-hydrogen) atoms. The number of nitrogens with one attached hydrogen (secondary N) is 1. The van der Waals surface area contributed by atoms with Crippen LogP contribution in [0.3, 0.4) is 0 Å². The Hall–Kier alpha value is -1.26. The molecule has 0 aliphatic heterocycles. The second-order valence-electron chi connectivity index (χ2n) is 6.67. The Kier molecular flexibility index (Phi) is 7.86. The molecule has 0 radical (unpaired) electrons. The predicted octanol–water partition coefficient (Wildman–Crippen LogP) is 4.39. The first-order chi connectivity index (χ1) is 10.7. The molecule has 0 unspecified atom stereocenters. The molecule has 1 amide bonds. The summed E-state index contributed by atoms with van der Waals surface area (Å²) in [5.74, 6) is 0. The lowest BCUT2D eigenvalue weighted by Gasteiger charge is -2.26. The summed E-state index contributed by atoms with van der Waals surface area (Å²) in [6, 6.07) is 6.09. The highest BCUT2D eigenvalue weighted by molar-refractivity contribution is 6.31. The van der Waals surface area contributed by atoms with E-state index in [1.54, 1.807) is 4.90 Å². The molecule has 0 aliphatic rings. The molecule has 130 valence electrons. The molecule has 0 aliphatic carbocycles.